The highest BCUT2D eigenvalue weighted by Gasteiger charge is 2.29. The molecule has 0 bridgehead atoms. The van der Waals surface area contributed by atoms with Crippen molar-refractivity contribution in [3.05, 3.63) is 35.9 Å². The fourth-order valence-electron chi connectivity index (χ4n) is 3.16. The van der Waals surface area contributed by atoms with Gasteiger partial charge in [-0.2, -0.15) is 0 Å². The van der Waals surface area contributed by atoms with Crippen molar-refractivity contribution in [1.82, 2.24) is 0 Å². The van der Waals surface area contributed by atoms with Crippen LogP contribution in [0, 0.1) is 5.92 Å². The fraction of sp³-hybridized carbons (Fsp3) is 0.625. The molecule has 0 saturated heterocycles. The highest BCUT2D eigenvalue weighted by molar-refractivity contribution is 7.90. The predicted molar refractivity (Wildman–Crippen MR) is 85.1 cm³/mol. The molecule has 1 aromatic carbocycles. The Morgan fingerprint density at radius 1 is 1.20 bits per heavy atom. The standard InChI is InChI=1S/C16H23ClO2S/c1-20(18,19)11-5-8-15-12-14(9-10-16(15)17)13-6-3-2-4-7-13/h2-4,6-7,14-16H,5,8-12H2,1H3. The van der Waals surface area contributed by atoms with Crippen molar-refractivity contribution in [2.24, 2.45) is 5.92 Å². The van der Waals surface area contributed by atoms with E-state index in [1.54, 1.807) is 0 Å². The second kappa shape index (κ2) is 6.95. The molecule has 0 spiro atoms. The van der Waals surface area contributed by atoms with Crippen LogP contribution in [0.2, 0.25) is 0 Å². The lowest BCUT2D eigenvalue weighted by Gasteiger charge is -2.33. The first-order chi connectivity index (χ1) is 9.46. The van der Waals surface area contributed by atoms with Gasteiger partial charge in [-0.25, -0.2) is 8.42 Å². The van der Waals surface area contributed by atoms with Crippen LogP contribution in [0.15, 0.2) is 30.3 Å². The molecule has 0 radical (unpaired) electrons. The first-order valence-corrected chi connectivity index (χ1v) is 9.82. The number of rotatable bonds is 5. The van der Waals surface area contributed by atoms with Gasteiger partial charge in [-0.05, 0) is 49.5 Å². The molecule has 1 aliphatic carbocycles. The Morgan fingerprint density at radius 3 is 2.55 bits per heavy atom. The molecule has 2 rings (SSSR count). The maximum Gasteiger partial charge on any atom is 0.147 e. The van der Waals surface area contributed by atoms with Gasteiger partial charge in [0.2, 0.25) is 0 Å². The van der Waals surface area contributed by atoms with E-state index in [0.717, 1.165) is 32.1 Å². The summed E-state index contributed by atoms with van der Waals surface area (Å²) in [7, 11) is -2.85. The second-order valence-corrected chi connectivity index (χ2v) is 8.79. The lowest BCUT2D eigenvalue weighted by Crippen LogP contribution is -2.25. The summed E-state index contributed by atoms with van der Waals surface area (Å²) in [6.45, 7) is 0. The van der Waals surface area contributed by atoms with E-state index in [9.17, 15) is 8.42 Å². The van der Waals surface area contributed by atoms with Crippen molar-refractivity contribution in [1.29, 1.82) is 0 Å². The lowest BCUT2D eigenvalue weighted by atomic mass is 9.76. The number of alkyl halides is 1. The molecule has 0 aromatic heterocycles. The van der Waals surface area contributed by atoms with Gasteiger partial charge in [0.15, 0.2) is 0 Å². The summed E-state index contributed by atoms with van der Waals surface area (Å²) in [6, 6.07) is 10.6. The van der Waals surface area contributed by atoms with Gasteiger partial charge in [0.1, 0.15) is 9.84 Å². The average molecular weight is 315 g/mol. The summed E-state index contributed by atoms with van der Waals surface area (Å²) >= 11 is 6.44. The minimum atomic E-state index is -2.85. The van der Waals surface area contributed by atoms with Crippen LogP contribution in [0.5, 0.6) is 0 Å². The van der Waals surface area contributed by atoms with Gasteiger partial charge in [-0.15, -0.1) is 11.6 Å². The fourth-order valence-corrected chi connectivity index (χ4v) is 4.21. The van der Waals surface area contributed by atoms with Crippen LogP contribution in [0.4, 0.5) is 0 Å². The molecule has 1 fully saturated rings. The molecule has 0 amide bonds. The third kappa shape index (κ3) is 4.78. The van der Waals surface area contributed by atoms with E-state index in [-0.39, 0.29) is 11.1 Å². The van der Waals surface area contributed by atoms with E-state index < -0.39 is 9.84 Å². The smallest absolute Gasteiger partial charge is 0.147 e. The Bertz CT molecular complexity index is 513. The normalized spacial score (nSPS) is 27.4. The van der Waals surface area contributed by atoms with Crippen molar-refractivity contribution in [2.75, 3.05) is 12.0 Å². The maximum absolute atomic E-state index is 11.2. The Kier molecular flexibility index (Phi) is 5.50. The number of sulfone groups is 1. The molecular formula is C16H23ClO2S. The minimum Gasteiger partial charge on any atom is -0.229 e. The number of hydrogen-bond donors (Lipinski definition) is 0. The predicted octanol–water partition coefficient (Wildman–Crippen LogP) is 4.00. The zero-order valence-corrected chi connectivity index (χ0v) is 13.5. The monoisotopic (exact) mass is 314 g/mol. The van der Waals surface area contributed by atoms with E-state index >= 15 is 0 Å². The van der Waals surface area contributed by atoms with E-state index in [1.165, 1.54) is 11.8 Å². The Hall–Kier alpha value is -0.540. The van der Waals surface area contributed by atoms with Crippen LogP contribution in [0.3, 0.4) is 0 Å². The SMILES string of the molecule is CS(=O)(=O)CCCC1CC(c2ccccc2)CCC1Cl. The number of halogens is 1. The van der Waals surface area contributed by atoms with E-state index in [4.69, 9.17) is 11.6 Å². The Labute approximate surface area is 127 Å². The Morgan fingerprint density at radius 2 is 1.90 bits per heavy atom. The minimum absolute atomic E-state index is 0.203. The van der Waals surface area contributed by atoms with Gasteiger partial charge in [-0.1, -0.05) is 30.3 Å². The van der Waals surface area contributed by atoms with Crippen molar-refractivity contribution in [3.8, 4) is 0 Å². The summed E-state index contributed by atoms with van der Waals surface area (Å²) in [5.41, 5.74) is 1.39. The molecule has 20 heavy (non-hydrogen) atoms. The number of benzene rings is 1. The quantitative estimate of drug-likeness (QED) is 0.770. The first-order valence-electron chi connectivity index (χ1n) is 7.32. The van der Waals surface area contributed by atoms with Crippen LogP contribution in [0.25, 0.3) is 0 Å². The van der Waals surface area contributed by atoms with Crippen LogP contribution in [0.1, 0.15) is 43.6 Å². The second-order valence-electron chi connectivity index (χ2n) is 5.97. The van der Waals surface area contributed by atoms with E-state index in [1.807, 2.05) is 6.07 Å². The van der Waals surface area contributed by atoms with Crippen LogP contribution < -0.4 is 0 Å². The van der Waals surface area contributed by atoms with Crippen molar-refractivity contribution >= 4 is 21.4 Å². The molecule has 4 heteroatoms. The summed E-state index contributed by atoms with van der Waals surface area (Å²) in [4.78, 5) is 0. The van der Waals surface area contributed by atoms with Crippen LogP contribution >= 0.6 is 11.6 Å². The van der Waals surface area contributed by atoms with Crippen molar-refractivity contribution in [2.45, 2.75) is 43.4 Å². The molecule has 0 heterocycles. The molecule has 0 aliphatic heterocycles. The molecule has 1 aliphatic rings. The molecule has 1 aromatic rings. The van der Waals surface area contributed by atoms with Gasteiger partial charge in [-0.3, -0.25) is 0 Å². The zero-order chi connectivity index (χ0) is 14.6. The van der Waals surface area contributed by atoms with Gasteiger partial charge in [0.25, 0.3) is 0 Å². The van der Waals surface area contributed by atoms with E-state index in [2.05, 4.69) is 24.3 Å². The highest BCUT2D eigenvalue weighted by atomic mass is 35.5. The van der Waals surface area contributed by atoms with Crippen LogP contribution in [-0.2, 0) is 9.84 Å². The Balaban J connectivity index is 1.91. The van der Waals surface area contributed by atoms with Crippen LogP contribution in [-0.4, -0.2) is 25.8 Å². The van der Waals surface area contributed by atoms with Gasteiger partial charge < -0.3 is 0 Å². The molecule has 1 saturated carbocycles. The molecule has 3 unspecified atom stereocenters. The number of hydrogen-bond acceptors (Lipinski definition) is 2. The molecule has 3 atom stereocenters. The summed E-state index contributed by atoms with van der Waals surface area (Å²) in [5.74, 6) is 1.30. The average Bonchev–Trinajstić information content (AvgIpc) is 2.40. The maximum atomic E-state index is 11.2. The summed E-state index contributed by atoms with van der Waals surface area (Å²) < 4.78 is 22.4. The highest BCUT2D eigenvalue weighted by Crippen LogP contribution is 2.40. The summed E-state index contributed by atoms with van der Waals surface area (Å²) in [5, 5.41) is 0.203. The topological polar surface area (TPSA) is 34.1 Å². The van der Waals surface area contributed by atoms with Gasteiger partial charge in [0.05, 0.1) is 0 Å². The third-order valence-corrected chi connectivity index (χ3v) is 5.86. The molecule has 112 valence electrons. The summed E-state index contributed by atoms with van der Waals surface area (Å²) in [6.07, 6.45) is 6.21. The van der Waals surface area contributed by atoms with Gasteiger partial charge in [0, 0.05) is 17.4 Å². The van der Waals surface area contributed by atoms with Gasteiger partial charge >= 0.3 is 0 Å². The third-order valence-electron chi connectivity index (χ3n) is 4.25. The van der Waals surface area contributed by atoms with E-state index in [0.29, 0.717) is 11.8 Å². The zero-order valence-electron chi connectivity index (χ0n) is 12.0. The molecular weight excluding hydrogens is 292 g/mol. The lowest BCUT2D eigenvalue weighted by molar-refractivity contribution is 0.310. The van der Waals surface area contributed by atoms with Crippen molar-refractivity contribution < 1.29 is 8.42 Å². The largest absolute Gasteiger partial charge is 0.229 e. The molecule has 2 nitrogen and oxygen atoms in total. The van der Waals surface area contributed by atoms with Crippen molar-refractivity contribution in [3.63, 3.8) is 0 Å². The molecule has 0 N–H and O–H groups in total. The first kappa shape index (κ1) is 15.8.